The summed E-state index contributed by atoms with van der Waals surface area (Å²) in [7, 11) is 0. The number of aryl methyl sites for hydroxylation is 2. The Labute approximate surface area is 126 Å². The van der Waals surface area contributed by atoms with E-state index in [1.54, 1.807) is 0 Å². The predicted molar refractivity (Wildman–Crippen MR) is 81.2 cm³/mol. The topological polar surface area (TPSA) is 64.9 Å². The van der Waals surface area contributed by atoms with Crippen LogP contribution in [0.25, 0.3) is 11.4 Å². The first kappa shape index (κ1) is 13.8. The number of nitrogens with two attached hydrogens (primary N) is 1. The third-order valence-corrected chi connectivity index (χ3v) is 5.26. The zero-order valence-electron chi connectivity index (χ0n) is 11.9. The Morgan fingerprint density at radius 3 is 2.45 bits per heavy atom. The third kappa shape index (κ3) is 2.29. The van der Waals surface area contributed by atoms with Crippen LogP contribution in [0.1, 0.15) is 36.8 Å². The van der Waals surface area contributed by atoms with Crippen molar-refractivity contribution >= 4 is 15.9 Å². The molecule has 3 rings (SSSR count). The molecule has 1 atom stereocenters. The van der Waals surface area contributed by atoms with Gasteiger partial charge in [0.15, 0.2) is 0 Å². The van der Waals surface area contributed by atoms with Crippen LogP contribution in [0.4, 0.5) is 0 Å². The number of hydrogen-bond acceptors (Lipinski definition) is 4. The van der Waals surface area contributed by atoms with Crippen LogP contribution in [0, 0.1) is 19.8 Å². The minimum Gasteiger partial charge on any atom is -0.337 e. The quantitative estimate of drug-likeness (QED) is 0.928. The standard InChI is InChI=1S/C15H18BrN3O/c1-8-6-10(7-9(2)12(8)16)13-18-14(20-19-13)15(3,17)11-4-5-11/h6-7,11H,4-5,17H2,1-3H3. The molecule has 20 heavy (non-hydrogen) atoms. The largest absolute Gasteiger partial charge is 0.337 e. The van der Waals surface area contributed by atoms with Crippen LogP contribution < -0.4 is 5.73 Å². The molecular formula is C15H18BrN3O. The number of hydrogen-bond donors (Lipinski definition) is 1. The van der Waals surface area contributed by atoms with Crippen molar-refractivity contribution in [1.82, 2.24) is 10.1 Å². The second-order valence-corrected chi connectivity index (χ2v) is 6.70. The van der Waals surface area contributed by atoms with E-state index >= 15 is 0 Å². The molecule has 0 aliphatic heterocycles. The molecular weight excluding hydrogens is 318 g/mol. The zero-order chi connectivity index (χ0) is 14.5. The van der Waals surface area contributed by atoms with Gasteiger partial charge in [-0.15, -0.1) is 0 Å². The van der Waals surface area contributed by atoms with E-state index in [0.717, 1.165) is 34.0 Å². The van der Waals surface area contributed by atoms with Crippen molar-refractivity contribution in [3.8, 4) is 11.4 Å². The molecule has 0 spiro atoms. The molecule has 106 valence electrons. The van der Waals surface area contributed by atoms with Crippen molar-refractivity contribution in [2.45, 2.75) is 39.2 Å². The fourth-order valence-electron chi connectivity index (χ4n) is 2.49. The number of halogens is 1. The molecule has 0 amide bonds. The lowest BCUT2D eigenvalue weighted by Crippen LogP contribution is -2.35. The summed E-state index contributed by atoms with van der Waals surface area (Å²) in [5.74, 6) is 1.61. The minimum atomic E-state index is -0.509. The number of aromatic nitrogens is 2. The molecule has 1 aromatic carbocycles. The molecule has 0 radical (unpaired) electrons. The van der Waals surface area contributed by atoms with E-state index < -0.39 is 5.54 Å². The van der Waals surface area contributed by atoms with E-state index in [1.165, 1.54) is 0 Å². The first-order chi connectivity index (χ1) is 9.39. The Hall–Kier alpha value is -1.20. The molecule has 0 saturated heterocycles. The first-order valence-corrected chi connectivity index (χ1v) is 7.59. The van der Waals surface area contributed by atoms with Crippen molar-refractivity contribution in [2.24, 2.45) is 11.7 Å². The monoisotopic (exact) mass is 335 g/mol. The van der Waals surface area contributed by atoms with Crippen molar-refractivity contribution < 1.29 is 4.52 Å². The van der Waals surface area contributed by atoms with Crippen LogP contribution in [0.15, 0.2) is 21.1 Å². The van der Waals surface area contributed by atoms with E-state index in [0.29, 0.717) is 17.6 Å². The van der Waals surface area contributed by atoms with E-state index in [1.807, 2.05) is 6.92 Å². The fourth-order valence-corrected chi connectivity index (χ4v) is 2.72. The van der Waals surface area contributed by atoms with Crippen LogP contribution in [0.2, 0.25) is 0 Å². The summed E-state index contributed by atoms with van der Waals surface area (Å²) in [6.45, 7) is 6.08. The van der Waals surface area contributed by atoms with E-state index in [4.69, 9.17) is 10.3 Å². The van der Waals surface area contributed by atoms with Crippen molar-refractivity contribution in [2.75, 3.05) is 0 Å². The highest BCUT2D eigenvalue weighted by Crippen LogP contribution is 2.43. The van der Waals surface area contributed by atoms with Crippen LogP contribution in [-0.4, -0.2) is 10.1 Å². The van der Waals surface area contributed by atoms with Crippen molar-refractivity contribution in [3.05, 3.63) is 33.6 Å². The summed E-state index contributed by atoms with van der Waals surface area (Å²) >= 11 is 3.57. The molecule has 2 aromatic rings. The Morgan fingerprint density at radius 2 is 1.90 bits per heavy atom. The maximum atomic E-state index is 6.31. The highest BCUT2D eigenvalue weighted by atomic mass is 79.9. The first-order valence-electron chi connectivity index (χ1n) is 6.80. The van der Waals surface area contributed by atoms with Gasteiger partial charge in [0.25, 0.3) is 0 Å². The molecule has 0 bridgehead atoms. The summed E-state index contributed by atoms with van der Waals surface area (Å²) in [6, 6.07) is 4.10. The fraction of sp³-hybridized carbons (Fsp3) is 0.467. The van der Waals surface area contributed by atoms with Gasteiger partial charge in [0.2, 0.25) is 11.7 Å². The van der Waals surface area contributed by atoms with Crippen LogP contribution in [0.3, 0.4) is 0 Å². The number of rotatable bonds is 3. The Morgan fingerprint density at radius 1 is 1.30 bits per heavy atom. The van der Waals surface area contributed by atoms with E-state index in [9.17, 15) is 0 Å². The van der Waals surface area contributed by atoms with Crippen molar-refractivity contribution in [3.63, 3.8) is 0 Å². The summed E-state index contributed by atoms with van der Waals surface area (Å²) < 4.78 is 6.51. The lowest BCUT2D eigenvalue weighted by molar-refractivity contribution is 0.273. The maximum absolute atomic E-state index is 6.31. The number of benzene rings is 1. The average Bonchev–Trinajstić information content (AvgIpc) is 3.13. The van der Waals surface area contributed by atoms with Gasteiger partial charge in [-0.3, -0.25) is 0 Å². The van der Waals surface area contributed by atoms with Gasteiger partial charge in [-0.25, -0.2) is 0 Å². The van der Waals surface area contributed by atoms with Crippen LogP contribution in [-0.2, 0) is 5.54 Å². The smallest absolute Gasteiger partial charge is 0.247 e. The molecule has 1 saturated carbocycles. The average molecular weight is 336 g/mol. The summed E-state index contributed by atoms with van der Waals surface area (Å²) in [4.78, 5) is 4.51. The van der Waals surface area contributed by atoms with E-state index in [2.05, 4.69) is 52.1 Å². The van der Waals surface area contributed by atoms with Gasteiger partial charge < -0.3 is 10.3 Å². The highest BCUT2D eigenvalue weighted by molar-refractivity contribution is 9.10. The lowest BCUT2D eigenvalue weighted by atomic mass is 9.97. The maximum Gasteiger partial charge on any atom is 0.247 e. The highest BCUT2D eigenvalue weighted by Gasteiger charge is 2.43. The van der Waals surface area contributed by atoms with Gasteiger partial charge in [0, 0.05) is 10.0 Å². The normalized spacial score (nSPS) is 18.1. The molecule has 1 fully saturated rings. The Kier molecular flexibility index (Phi) is 3.21. The molecule has 1 heterocycles. The zero-order valence-corrected chi connectivity index (χ0v) is 13.5. The van der Waals surface area contributed by atoms with Gasteiger partial charge in [-0.05, 0) is 62.8 Å². The molecule has 1 aliphatic carbocycles. The third-order valence-electron chi connectivity index (χ3n) is 4.01. The summed E-state index contributed by atoms with van der Waals surface area (Å²) in [5, 5.41) is 4.09. The predicted octanol–water partition coefficient (Wildman–Crippen LogP) is 3.70. The van der Waals surface area contributed by atoms with Crippen LogP contribution in [0.5, 0.6) is 0 Å². The van der Waals surface area contributed by atoms with Gasteiger partial charge in [0.1, 0.15) is 0 Å². The second-order valence-electron chi connectivity index (χ2n) is 5.90. The second kappa shape index (κ2) is 4.67. The van der Waals surface area contributed by atoms with Gasteiger partial charge in [0.05, 0.1) is 5.54 Å². The minimum absolute atomic E-state index is 0.462. The van der Waals surface area contributed by atoms with Gasteiger partial charge in [-0.1, -0.05) is 21.1 Å². The van der Waals surface area contributed by atoms with E-state index in [-0.39, 0.29) is 0 Å². The molecule has 1 unspecified atom stereocenters. The van der Waals surface area contributed by atoms with Gasteiger partial charge >= 0.3 is 0 Å². The molecule has 2 N–H and O–H groups in total. The molecule has 1 aromatic heterocycles. The van der Waals surface area contributed by atoms with Gasteiger partial charge in [-0.2, -0.15) is 4.98 Å². The molecule has 4 nitrogen and oxygen atoms in total. The summed E-state index contributed by atoms with van der Waals surface area (Å²) in [5.41, 5.74) is 9.08. The molecule has 1 aliphatic rings. The lowest BCUT2D eigenvalue weighted by Gasteiger charge is -2.18. The van der Waals surface area contributed by atoms with Crippen molar-refractivity contribution in [1.29, 1.82) is 0 Å². The molecule has 5 heteroatoms. The summed E-state index contributed by atoms with van der Waals surface area (Å²) in [6.07, 6.45) is 2.28. The SMILES string of the molecule is Cc1cc(-c2noc(C(C)(N)C3CC3)n2)cc(C)c1Br. The number of nitrogens with zero attached hydrogens (tertiary/aromatic N) is 2. The Bertz CT molecular complexity index is 636. The Balaban J connectivity index is 1.98. The van der Waals surface area contributed by atoms with Crippen LogP contribution >= 0.6 is 15.9 Å².